The summed E-state index contributed by atoms with van der Waals surface area (Å²) in [5, 5.41) is 2.84. The number of benzene rings is 1. The number of anilines is 1. The van der Waals surface area contributed by atoms with Gasteiger partial charge in [0.25, 0.3) is 0 Å². The highest BCUT2D eigenvalue weighted by molar-refractivity contribution is 9.10. The van der Waals surface area contributed by atoms with Crippen LogP contribution in [0, 0.1) is 0 Å². The third-order valence-corrected chi connectivity index (χ3v) is 4.87. The van der Waals surface area contributed by atoms with Crippen LogP contribution in [-0.2, 0) is 14.6 Å². The van der Waals surface area contributed by atoms with Gasteiger partial charge >= 0.3 is 0 Å². The molecule has 0 atom stereocenters. The van der Waals surface area contributed by atoms with Gasteiger partial charge in [-0.3, -0.25) is 4.79 Å². The number of carbonyl (C=O) groups excluding carboxylic acids is 1. The molecule has 0 radical (unpaired) electrons. The Hall–Kier alpha value is -1.44. The van der Waals surface area contributed by atoms with E-state index in [1.165, 1.54) is 24.4 Å². The normalized spacial score (nSPS) is 11.1. The molecule has 2 rings (SSSR count). The Morgan fingerprint density at radius 1 is 1.19 bits per heavy atom. The number of nitrogens with one attached hydrogen (secondary N) is 1. The van der Waals surface area contributed by atoms with E-state index in [9.17, 15) is 13.2 Å². The van der Waals surface area contributed by atoms with Gasteiger partial charge in [-0.1, -0.05) is 27.5 Å². The molecule has 110 valence electrons. The maximum atomic E-state index is 12.1. The molecule has 0 aliphatic carbocycles. The molecule has 1 aromatic heterocycles. The molecule has 0 aliphatic rings. The summed E-state index contributed by atoms with van der Waals surface area (Å²) in [6.45, 7) is 0. The number of pyridine rings is 1. The highest BCUT2D eigenvalue weighted by Gasteiger charge is 2.19. The van der Waals surface area contributed by atoms with E-state index in [2.05, 4.69) is 26.2 Å². The molecule has 0 fully saturated rings. The fourth-order valence-corrected chi connectivity index (χ4v) is 3.04. The largest absolute Gasteiger partial charge is 0.310 e. The summed E-state index contributed by atoms with van der Waals surface area (Å²) in [6, 6.07) is 9.12. The van der Waals surface area contributed by atoms with Gasteiger partial charge in [-0.05, 0) is 36.4 Å². The summed E-state index contributed by atoms with van der Waals surface area (Å²) in [4.78, 5) is 15.7. The Morgan fingerprint density at radius 2 is 1.86 bits per heavy atom. The van der Waals surface area contributed by atoms with Crippen LogP contribution in [-0.4, -0.2) is 25.1 Å². The van der Waals surface area contributed by atoms with Crippen molar-refractivity contribution in [2.75, 3.05) is 11.1 Å². The molecule has 5 nitrogen and oxygen atoms in total. The average molecular weight is 390 g/mol. The molecule has 21 heavy (non-hydrogen) atoms. The van der Waals surface area contributed by atoms with Gasteiger partial charge in [0, 0.05) is 10.7 Å². The Bertz CT molecular complexity index is 746. The van der Waals surface area contributed by atoms with Crippen molar-refractivity contribution >= 4 is 49.1 Å². The standard InChI is InChI=1S/C13H10BrClN2O3S/c14-9-1-4-11(5-2-9)21(19,20)8-13(18)17-12-6-3-10(15)7-16-12/h1-7H,8H2,(H,16,17,18). The highest BCUT2D eigenvalue weighted by Crippen LogP contribution is 2.16. The first-order valence-corrected chi connectivity index (χ1v) is 8.59. The van der Waals surface area contributed by atoms with E-state index in [4.69, 9.17) is 11.6 Å². The maximum absolute atomic E-state index is 12.1. The number of sulfone groups is 1. The van der Waals surface area contributed by atoms with Gasteiger partial charge in [0.2, 0.25) is 5.91 Å². The zero-order valence-corrected chi connectivity index (χ0v) is 13.7. The van der Waals surface area contributed by atoms with Crippen LogP contribution in [0.5, 0.6) is 0 Å². The number of nitrogens with zero attached hydrogens (tertiary/aromatic N) is 1. The molecule has 0 bridgehead atoms. The molecule has 1 heterocycles. The molecule has 1 N–H and O–H groups in total. The molecular weight excluding hydrogens is 380 g/mol. The summed E-state index contributed by atoms with van der Waals surface area (Å²) in [7, 11) is -3.69. The number of halogens is 2. The zero-order valence-electron chi connectivity index (χ0n) is 10.6. The minimum absolute atomic E-state index is 0.0879. The first kappa shape index (κ1) is 15.9. The highest BCUT2D eigenvalue weighted by atomic mass is 79.9. The van der Waals surface area contributed by atoms with Gasteiger partial charge in [0.15, 0.2) is 9.84 Å². The molecule has 0 saturated heterocycles. The summed E-state index contributed by atoms with van der Waals surface area (Å²) in [5.74, 6) is -1.07. The van der Waals surface area contributed by atoms with E-state index in [0.29, 0.717) is 5.02 Å². The predicted octanol–water partition coefficient (Wildman–Crippen LogP) is 2.91. The first-order chi connectivity index (χ1) is 9.87. The molecule has 2 aromatic rings. The quantitative estimate of drug-likeness (QED) is 0.872. The van der Waals surface area contributed by atoms with E-state index in [0.717, 1.165) is 4.47 Å². The van der Waals surface area contributed by atoms with Gasteiger partial charge in [-0.25, -0.2) is 13.4 Å². The van der Waals surface area contributed by atoms with Gasteiger partial charge < -0.3 is 5.32 Å². The lowest BCUT2D eigenvalue weighted by Gasteiger charge is -2.06. The van der Waals surface area contributed by atoms with Crippen LogP contribution in [0.15, 0.2) is 52.0 Å². The molecule has 0 saturated carbocycles. The molecule has 0 unspecified atom stereocenters. The van der Waals surface area contributed by atoms with E-state index in [1.807, 2.05) is 0 Å². The van der Waals surface area contributed by atoms with Crippen LogP contribution in [0.1, 0.15) is 0 Å². The second-order valence-corrected chi connectivity index (χ2v) is 7.46. The third-order valence-electron chi connectivity index (χ3n) is 2.49. The molecule has 0 aliphatic heterocycles. The van der Waals surface area contributed by atoms with Gasteiger partial charge in [0.05, 0.1) is 9.92 Å². The predicted molar refractivity (Wildman–Crippen MR) is 84.1 cm³/mol. The minimum atomic E-state index is -3.69. The maximum Gasteiger partial charge on any atom is 0.241 e. The number of hydrogen-bond acceptors (Lipinski definition) is 4. The van der Waals surface area contributed by atoms with Gasteiger partial charge in [-0.2, -0.15) is 0 Å². The van der Waals surface area contributed by atoms with Crippen molar-refractivity contribution in [2.24, 2.45) is 0 Å². The molecule has 0 spiro atoms. The Balaban J connectivity index is 2.07. The number of rotatable bonds is 4. The van der Waals surface area contributed by atoms with Crippen LogP contribution in [0.25, 0.3) is 0 Å². The molecule has 1 amide bonds. The fourth-order valence-electron chi connectivity index (χ4n) is 1.53. The van der Waals surface area contributed by atoms with Crippen LogP contribution in [0.4, 0.5) is 5.82 Å². The minimum Gasteiger partial charge on any atom is -0.310 e. The lowest BCUT2D eigenvalue weighted by atomic mass is 10.4. The summed E-state index contributed by atoms with van der Waals surface area (Å²) >= 11 is 8.89. The summed E-state index contributed by atoms with van der Waals surface area (Å²) in [5.41, 5.74) is 0. The number of hydrogen-bond donors (Lipinski definition) is 1. The van der Waals surface area contributed by atoms with E-state index < -0.39 is 21.5 Å². The van der Waals surface area contributed by atoms with Crippen LogP contribution in [0.3, 0.4) is 0 Å². The third kappa shape index (κ3) is 4.52. The SMILES string of the molecule is O=C(CS(=O)(=O)c1ccc(Br)cc1)Nc1ccc(Cl)cn1. The van der Waals surface area contributed by atoms with Crippen molar-refractivity contribution in [2.45, 2.75) is 4.90 Å². The number of aromatic nitrogens is 1. The lowest BCUT2D eigenvalue weighted by molar-refractivity contribution is -0.113. The van der Waals surface area contributed by atoms with Crippen molar-refractivity contribution < 1.29 is 13.2 Å². The summed E-state index contributed by atoms with van der Waals surface area (Å²) < 4.78 is 24.9. The Morgan fingerprint density at radius 3 is 2.43 bits per heavy atom. The number of carbonyl (C=O) groups is 1. The average Bonchev–Trinajstić information content (AvgIpc) is 2.41. The van der Waals surface area contributed by atoms with Crippen molar-refractivity contribution in [1.82, 2.24) is 4.98 Å². The number of amides is 1. The van der Waals surface area contributed by atoms with Crippen LogP contribution >= 0.6 is 27.5 Å². The molecule has 1 aromatic carbocycles. The van der Waals surface area contributed by atoms with Crippen molar-refractivity contribution in [3.8, 4) is 0 Å². The lowest BCUT2D eigenvalue weighted by Crippen LogP contribution is -2.23. The van der Waals surface area contributed by atoms with Gasteiger partial charge in [0.1, 0.15) is 11.6 Å². The van der Waals surface area contributed by atoms with Crippen LogP contribution in [0.2, 0.25) is 5.02 Å². The fraction of sp³-hybridized carbons (Fsp3) is 0.0769. The Labute approximate surface area is 135 Å². The van der Waals surface area contributed by atoms with Gasteiger partial charge in [-0.15, -0.1) is 0 Å². The van der Waals surface area contributed by atoms with E-state index >= 15 is 0 Å². The second kappa shape index (κ2) is 6.55. The monoisotopic (exact) mass is 388 g/mol. The summed E-state index contributed by atoms with van der Waals surface area (Å²) in [6.07, 6.45) is 1.36. The molecule has 8 heteroatoms. The van der Waals surface area contributed by atoms with Crippen molar-refractivity contribution in [1.29, 1.82) is 0 Å². The van der Waals surface area contributed by atoms with Crippen molar-refractivity contribution in [3.63, 3.8) is 0 Å². The van der Waals surface area contributed by atoms with Crippen molar-refractivity contribution in [3.05, 3.63) is 52.1 Å². The topological polar surface area (TPSA) is 76.1 Å². The zero-order chi connectivity index (χ0) is 15.5. The Kier molecular flexibility index (Phi) is 4.97. The smallest absolute Gasteiger partial charge is 0.241 e. The molecular formula is C13H10BrClN2O3S. The second-order valence-electron chi connectivity index (χ2n) is 4.12. The van der Waals surface area contributed by atoms with E-state index in [1.54, 1.807) is 18.2 Å². The van der Waals surface area contributed by atoms with E-state index in [-0.39, 0.29) is 10.7 Å². The first-order valence-electron chi connectivity index (χ1n) is 5.76. The van der Waals surface area contributed by atoms with Crippen LogP contribution < -0.4 is 5.32 Å².